The molecule has 1 unspecified atom stereocenters. The van der Waals surface area contributed by atoms with Gasteiger partial charge in [0.15, 0.2) is 0 Å². The largest absolute Gasteiger partial charge is 0.481 e. The number of rotatable bonds is 5. The molecule has 1 heterocycles. The molecule has 3 N–H and O–H groups in total. The second-order valence-corrected chi connectivity index (χ2v) is 3.95. The van der Waals surface area contributed by atoms with E-state index in [-0.39, 0.29) is 13.2 Å². The average Bonchev–Trinajstić information content (AvgIpc) is 2.43. The third-order valence-corrected chi connectivity index (χ3v) is 2.64. The van der Waals surface area contributed by atoms with Crippen molar-refractivity contribution in [2.24, 2.45) is 0 Å². The normalized spacial score (nSPS) is 12.4. The minimum Gasteiger partial charge on any atom is -0.481 e. The number of nitrogens with zero attached hydrogens (tertiary/aromatic N) is 1. The van der Waals surface area contributed by atoms with Crippen LogP contribution in [0.5, 0.6) is 5.88 Å². The lowest BCUT2D eigenvalue weighted by atomic mass is 10.2. The van der Waals surface area contributed by atoms with Gasteiger partial charge in [-0.15, -0.1) is 0 Å². The lowest BCUT2D eigenvalue weighted by Crippen LogP contribution is -2.23. The molecule has 96 valence electrons. The SMILES string of the molecule is COc1ccc2cccc(NCC(O)CO)c2n1. The Kier molecular flexibility index (Phi) is 3.96. The molecule has 2 rings (SSSR count). The minimum absolute atomic E-state index is 0.269. The van der Waals surface area contributed by atoms with E-state index in [4.69, 9.17) is 9.84 Å². The Hall–Kier alpha value is -1.85. The van der Waals surface area contributed by atoms with Crippen LogP contribution in [-0.2, 0) is 0 Å². The van der Waals surface area contributed by atoms with Crippen molar-refractivity contribution in [2.75, 3.05) is 25.6 Å². The molecule has 5 nitrogen and oxygen atoms in total. The van der Waals surface area contributed by atoms with Crippen molar-refractivity contribution in [3.8, 4) is 5.88 Å². The number of aromatic nitrogens is 1. The number of anilines is 1. The van der Waals surface area contributed by atoms with E-state index < -0.39 is 6.10 Å². The van der Waals surface area contributed by atoms with Crippen molar-refractivity contribution in [1.29, 1.82) is 0 Å². The molecular formula is C13H16N2O3. The number of ether oxygens (including phenoxy) is 1. The highest BCUT2D eigenvalue weighted by Crippen LogP contribution is 2.23. The number of hydrogen-bond acceptors (Lipinski definition) is 5. The highest BCUT2D eigenvalue weighted by atomic mass is 16.5. The lowest BCUT2D eigenvalue weighted by Gasteiger charge is -2.12. The van der Waals surface area contributed by atoms with Crippen molar-refractivity contribution in [1.82, 2.24) is 4.98 Å². The number of nitrogens with one attached hydrogen (secondary N) is 1. The summed E-state index contributed by atoms with van der Waals surface area (Å²) in [5.74, 6) is 0.541. The first-order chi connectivity index (χ1) is 8.74. The van der Waals surface area contributed by atoms with Crippen molar-refractivity contribution in [3.63, 3.8) is 0 Å². The molecule has 0 spiro atoms. The molecule has 0 aliphatic rings. The molecule has 5 heteroatoms. The van der Waals surface area contributed by atoms with Crippen LogP contribution >= 0.6 is 0 Å². The Labute approximate surface area is 105 Å². The Bertz CT molecular complexity index is 531. The number of para-hydroxylation sites is 1. The Morgan fingerprint density at radius 2 is 2.17 bits per heavy atom. The van der Waals surface area contributed by atoms with Crippen molar-refractivity contribution < 1.29 is 14.9 Å². The van der Waals surface area contributed by atoms with Crippen LogP contribution < -0.4 is 10.1 Å². The first-order valence-electron chi connectivity index (χ1n) is 5.71. The molecule has 0 saturated heterocycles. The second-order valence-electron chi connectivity index (χ2n) is 3.95. The van der Waals surface area contributed by atoms with Crippen LogP contribution in [-0.4, -0.2) is 41.6 Å². The number of pyridine rings is 1. The third kappa shape index (κ3) is 2.69. The zero-order valence-electron chi connectivity index (χ0n) is 10.1. The fourth-order valence-electron chi connectivity index (χ4n) is 1.68. The summed E-state index contributed by atoms with van der Waals surface area (Å²) < 4.78 is 5.10. The Balaban J connectivity index is 2.31. The standard InChI is InChI=1S/C13H16N2O3/c1-18-12-6-5-9-3-2-4-11(13(9)15-12)14-7-10(17)8-16/h2-6,10,14,16-17H,7-8H2,1H3. The molecule has 18 heavy (non-hydrogen) atoms. The van der Waals surface area contributed by atoms with Gasteiger partial charge in [0.25, 0.3) is 0 Å². The molecule has 1 atom stereocenters. The highest BCUT2D eigenvalue weighted by Gasteiger charge is 2.06. The van der Waals surface area contributed by atoms with Gasteiger partial charge in [-0.05, 0) is 12.1 Å². The second kappa shape index (κ2) is 5.66. The predicted octanol–water partition coefficient (Wildman–Crippen LogP) is 1.01. The van der Waals surface area contributed by atoms with Crippen LogP contribution in [0.25, 0.3) is 10.9 Å². The fourth-order valence-corrected chi connectivity index (χ4v) is 1.68. The zero-order valence-corrected chi connectivity index (χ0v) is 10.1. The van der Waals surface area contributed by atoms with Crippen molar-refractivity contribution in [2.45, 2.75) is 6.10 Å². The van der Waals surface area contributed by atoms with E-state index in [1.54, 1.807) is 13.2 Å². The summed E-state index contributed by atoms with van der Waals surface area (Å²) >= 11 is 0. The van der Waals surface area contributed by atoms with Crippen molar-refractivity contribution in [3.05, 3.63) is 30.3 Å². The number of methoxy groups -OCH3 is 1. The number of fused-ring (bicyclic) bond motifs is 1. The van der Waals surface area contributed by atoms with Gasteiger partial charge in [0.1, 0.15) is 0 Å². The van der Waals surface area contributed by atoms with E-state index in [1.807, 2.05) is 24.3 Å². The summed E-state index contributed by atoms with van der Waals surface area (Å²) in [7, 11) is 1.57. The summed E-state index contributed by atoms with van der Waals surface area (Å²) in [5.41, 5.74) is 1.58. The number of aliphatic hydroxyl groups is 2. The molecule has 0 amide bonds. The van der Waals surface area contributed by atoms with E-state index in [1.165, 1.54) is 0 Å². The maximum absolute atomic E-state index is 9.33. The van der Waals surface area contributed by atoms with Gasteiger partial charge in [0.2, 0.25) is 5.88 Å². The summed E-state index contributed by atoms with van der Waals surface area (Å²) in [6.45, 7) is 0.00299. The molecule has 0 bridgehead atoms. The third-order valence-electron chi connectivity index (χ3n) is 2.64. The van der Waals surface area contributed by atoms with Gasteiger partial charge in [-0.3, -0.25) is 0 Å². The summed E-state index contributed by atoms with van der Waals surface area (Å²) in [4.78, 5) is 4.37. The van der Waals surface area contributed by atoms with E-state index in [9.17, 15) is 5.11 Å². The van der Waals surface area contributed by atoms with Gasteiger partial charge in [0, 0.05) is 18.0 Å². The van der Waals surface area contributed by atoms with Gasteiger partial charge in [-0.1, -0.05) is 12.1 Å². The minimum atomic E-state index is -0.786. The summed E-state index contributed by atoms with van der Waals surface area (Å²) in [6, 6.07) is 9.46. The van der Waals surface area contributed by atoms with E-state index >= 15 is 0 Å². The summed E-state index contributed by atoms with van der Waals surface area (Å²) in [6.07, 6.45) is -0.786. The molecule has 0 aliphatic heterocycles. The molecule has 0 saturated carbocycles. The molecule has 0 radical (unpaired) electrons. The van der Waals surface area contributed by atoms with E-state index in [0.717, 1.165) is 16.6 Å². The maximum Gasteiger partial charge on any atom is 0.213 e. The van der Waals surface area contributed by atoms with Crippen LogP contribution in [0.4, 0.5) is 5.69 Å². The van der Waals surface area contributed by atoms with Gasteiger partial charge in [-0.2, -0.15) is 0 Å². The van der Waals surface area contributed by atoms with Gasteiger partial charge in [-0.25, -0.2) is 4.98 Å². The monoisotopic (exact) mass is 248 g/mol. The quantitative estimate of drug-likeness (QED) is 0.736. The molecule has 1 aromatic carbocycles. The highest BCUT2D eigenvalue weighted by molar-refractivity contribution is 5.90. The van der Waals surface area contributed by atoms with Crippen LogP contribution in [0.2, 0.25) is 0 Å². The van der Waals surface area contributed by atoms with Crippen LogP contribution in [0.3, 0.4) is 0 Å². The molecular weight excluding hydrogens is 232 g/mol. The molecule has 0 aliphatic carbocycles. The Morgan fingerprint density at radius 3 is 2.89 bits per heavy atom. The number of benzene rings is 1. The van der Waals surface area contributed by atoms with Crippen molar-refractivity contribution >= 4 is 16.6 Å². The van der Waals surface area contributed by atoms with E-state index in [0.29, 0.717) is 5.88 Å². The first kappa shape index (κ1) is 12.6. The summed E-state index contributed by atoms with van der Waals surface area (Å²) in [5, 5.41) is 22.2. The van der Waals surface area contributed by atoms with E-state index in [2.05, 4.69) is 10.3 Å². The fraction of sp³-hybridized carbons (Fsp3) is 0.308. The van der Waals surface area contributed by atoms with Crippen LogP contribution in [0.15, 0.2) is 30.3 Å². The number of hydrogen-bond donors (Lipinski definition) is 3. The van der Waals surface area contributed by atoms with Gasteiger partial charge < -0.3 is 20.3 Å². The number of aliphatic hydroxyl groups excluding tert-OH is 2. The Morgan fingerprint density at radius 1 is 1.33 bits per heavy atom. The van der Waals surface area contributed by atoms with Crippen LogP contribution in [0.1, 0.15) is 0 Å². The topological polar surface area (TPSA) is 74.6 Å². The zero-order chi connectivity index (χ0) is 13.0. The molecule has 2 aromatic rings. The first-order valence-corrected chi connectivity index (χ1v) is 5.71. The average molecular weight is 248 g/mol. The predicted molar refractivity (Wildman–Crippen MR) is 69.9 cm³/mol. The smallest absolute Gasteiger partial charge is 0.213 e. The molecule has 1 aromatic heterocycles. The maximum atomic E-state index is 9.33. The molecule has 0 fully saturated rings. The van der Waals surface area contributed by atoms with Gasteiger partial charge >= 0.3 is 0 Å². The van der Waals surface area contributed by atoms with Gasteiger partial charge in [0.05, 0.1) is 31.0 Å². The van der Waals surface area contributed by atoms with Crippen LogP contribution in [0, 0.1) is 0 Å². The lowest BCUT2D eigenvalue weighted by molar-refractivity contribution is 0.105.